The molecule has 8 heteroatoms. The van der Waals surface area contributed by atoms with E-state index in [1.54, 1.807) is 21.1 Å². The number of esters is 2. The van der Waals surface area contributed by atoms with Crippen molar-refractivity contribution < 1.29 is 38.2 Å². The second-order valence-electron chi connectivity index (χ2n) is 15.9. The average molecular weight is 726 g/mol. The van der Waals surface area contributed by atoms with E-state index in [1.807, 2.05) is 0 Å². The first kappa shape index (κ1) is 49.3. The van der Waals surface area contributed by atoms with Gasteiger partial charge >= 0.3 is 11.9 Å². The highest BCUT2D eigenvalue weighted by Gasteiger charge is 2.25. The van der Waals surface area contributed by atoms with E-state index < -0.39 is 18.1 Å². The molecule has 0 N–H and O–H groups in total. The van der Waals surface area contributed by atoms with E-state index in [2.05, 4.69) is 13.8 Å². The van der Waals surface area contributed by atoms with Crippen molar-refractivity contribution >= 4 is 17.9 Å². The largest absolute Gasteiger partial charge is 0.544 e. The minimum atomic E-state index is -1.12. The number of ether oxygens (including phenoxy) is 3. The summed E-state index contributed by atoms with van der Waals surface area (Å²) >= 11 is 0. The summed E-state index contributed by atoms with van der Waals surface area (Å²) in [7, 11) is 5.41. The van der Waals surface area contributed by atoms with Crippen molar-refractivity contribution in [2.75, 3.05) is 41.0 Å². The van der Waals surface area contributed by atoms with Crippen LogP contribution < -0.4 is 5.11 Å². The third-order valence-electron chi connectivity index (χ3n) is 9.99. The normalized spacial score (nSPS) is 12.9. The second-order valence-corrected chi connectivity index (χ2v) is 15.9. The van der Waals surface area contributed by atoms with Crippen LogP contribution in [-0.4, -0.2) is 75.5 Å². The maximum absolute atomic E-state index is 12.6. The van der Waals surface area contributed by atoms with Gasteiger partial charge in [0.15, 0.2) is 6.10 Å². The van der Waals surface area contributed by atoms with Gasteiger partial charge in [-0.2, -0.15) is 0 Å². The number of carbonyl (C=O) groups excluding carboxylic acids is 3. The van der Waals surface area contributed by atoms with Crippen LogP contribution in [0.1, 0.15) is 206 Å². The zero-order chi connectivity index (χ0) is 37.8. The number of unbranched alkanes of at least 4 members (excludes halogenated alkanes) is 25. The number of carbonyl (C=O) groups is 3. The highest BCUT2D eigenvalue weighted by molar-refractivity contribution is 5.70. The molecule has 0 aromatic carbocycles. The molecule has 0 amide bonds. The van der Waals surface area contributed by atoms with E-state index in [9.17, 15) is 19.5 Å². The zero-order valence-corrected chi connectivity index (χ0v) is 34.3. The van der Waals surface area contributed by atoms with Gasteiger partial charge in [0.25, 0.3) is 0 Å². The fourth-order valence-electron chi connectivity index (χ4n) is 6.60. The molecule has 0 aromatic heterocycles. The molecule has 0 radical (unpaired) electrons. The number of hydrogen-bond acceptors (Lipinski definition) is 7. The van der Waals surface area contributed by atoms with Crippen molar-refractivity contribution in [3.05, 3.63) is 0 Å². The van der Waals surface area contributed by atoms with Crippen LogP contribution in [0.4, 0.5) is 0 Å². The summed E-state index contributed by atoms with van der Waals surface area (Å²) in [5, 5.41) is 11.6. The first-order valence-corrected chi connectivity index (χ1v) is 21.6. The number of quaternary nitrogens is 1. The first-order valence-electron chi connectivity index (χ1n) is 21.6. The van der Waals surface area contributed by atoms with Gasteiger partial charge < -0.3 is 28.6 Å². The third-order valence-corrected chi connectivity index (χ3v) is 9.99. The Hall–Kier alpha value is -1.67. The molecule has 0 spiro atoms. The van der Waals surface area contributed by atoms with Crippen molar-refractivity contribution in [3.8, 4) is 0 Å². The van der Waals surface area contributed by atoms with Crippen molar-refractivity contribution in [3.63, 3.8) is 0 Å². The predicted molar refractivity (Wildman–Crippen MR) is 208 cm³/mol. The number of hydrogen-bond donors (Lipinski definition) is 0. The first-order chi connectivity index (χ1) is 24.6. The van der Waals surface area contributed by atoms with Gasteiger partial charge in [0.2, 0.25) is 0 Å². The van der Waals surface area contributed by atoms with Crippen molar-refractivity contribution in [1.29, 1.82) is 0 Å². The summed E-state index contributed by atoms with van der Waals surface area (Å²) in [6, 6.07) is -0.718. The molecule has 8 nitrogen and oxygen atoms in total. The summed E-state index contributed by atoms with van der Waals surface area (Å²) in [5.74, 6) is -1.72. The zero-order valence-electron chi connectivity index (χ0n) is 34.3. The van der Waals surface area contributed by atoms with Gasteiger partial charge in [-0.25, -0.2) is 0 Å². The number of nitrogens with zero attached hydrogens (tertiary/aromatic N) is 1. The molecule has 0 saturated carbocycles. The monoisotopic (exact) mass is 726 g/mol. The van der Waals surface area contributed by atoms with Crippen LogP contribution in [0.25, 0.3) is 0 Å². The molecular weight excluding hydrogens is 642 g/mol. The molecule has 0 aliphatic rings. The van der Waals surface area contributed by atoms with Gasteiger partial charge in [0.1, 0.15) is 12.6 Å². The number of carboxylic acid groups (broad SMARTS) is 1. The Labute approximate surface area is 315 Å². The van der Waals surface area contributed by atoms with Crippen LogP contribution >= 0.6 is 0 Å². The summed E-state index contributed by atoms with van der Waals surface area (Å²) in [6.45, 7) is 4.67. The lowest BCUT2D eigenvalue weighted by Crippen LogP contribution is -2.55. The fraction of sp³-hybridized carbons (Fsp3) is 0.930. The minimum absolute atomic E-state index is 0.0485. The van der Waals surface area contributed by atoms with E-state index in [0.717, 1.165) is 38.5 Å². The topological polar surface area (TPSA) is 102 Å². The minimum Gasteiger partial charge on any atom is -0.544 e. The molecule has 302 valence electrons. The van der Waals surface area contributed by atoms with Crippen LogP contribution in [0, 0.1) is 0 Å². The van der Waals surface area contributed by atoms with Crippen LogP contribution in [0.3, 0.4) is 0 Å². The summed E-state index contributed by atoms with van der Waals surface area (Å²) < 4.78 is 17.1. The van der Waals surface area contributed by atoms with Crippen LogP contribution in [-0.2, 0) is 28.6 Å². The molecule has 0 saturated heterocycles. The second kappa shape index (κ2) is 35.4. The van der Waals surface area contributed by atoms with Gasteiger partial charge in [-0.1, -0.05) is 174 Å². The lowest BCUT2D eigenvalue weighted by Gasteiger charge is -2.34. The van der Waals surface area contributed by atoms with Crippen LogP contribution in [0.15, 0.2) is 0 Å². The summed E-state index contributed by atoms with van der Waals surface area (Å²) in [4.78, 5) is 36.7. The van der Waals surface area contributed by atoms with Gasteiger partial charge in [-0.05, 0) is 12.8 Å². The average Bonchev–Trinajstić information content (AvgIpc) is 3.08. The van der Waals surface area contributed by atoms with Crippen molar-refractivity contribution in [1.82, 2.24) is 0 Å². The molecule has 0 bridgehead atoms. The highest BCUT2D eigenvalue weighted by atomic mass is 16.6. The predicted octanol–water partition coefficient (Wildman–Crippen LogP) is 10.0. The van der Waals surface area contributed by atoms with E-state index >= 15 is 0 Å². The van der Waals surface area contributed by atoms with E-state index in [0.29, 0.717) is 12.8 Å². The Morgan fingerprint density at radius 2 is 0.863 bits per heavy atom. The number of aliphatic carboxylic acids is 1. The molecule has 0 heterocycles. The Bertz CT molecular complexity index is 813. The molecule has 2 unspecified atom stereocenters. The van der Waals surface area contributed by atoms with E-state index in [4.69, 9.17) is 14.2 Å². The smallest absolute Gasteiger partial charge is 0.306 e. The Morgan fingerprint density at radius 1 is 0.510 bits per heavy atom. The Balaban J connectivity index is 4.21. The standard InChI is InChI=1S/C43H83NO7/c1-6-8-10-12-14-16-17-18-19-20-21-22-23-24-26-27-29-31-33-41(45)50-38-39(37-49-36-35-40(43(47)48)44(3,4)5)51-42(46)34-32-30-28-25-15-13-11-9-7-2/h39-40H,6-38H2,1-5H3. The highest BCUT2D eigenvalue weighted by Crippen LogP contribution is 2.16. The number of likely N-dealkylation sites (N-methyl/N-ethyl adjacent to an activating group) is 1. The van der Waals surface area contributed by atoms with Crippen LogP contribution in [0.5, 0.6) is 0 Å². The maximum Gasteiger partial charge on any atom is 0.306 e. The Morgan fingerprint density at radius 3 is 1.22 bits per heavy atom. The van der Waals surface area contributed by atoms with E-state index in [1.165, 1.54) is 135 Å². The lowest BCUT2D eigenvalue weighted by molar-refractivity contribution is -0.889. The van der Waals surface area contributed by atoms with Gasteiger partial charge in [-0.15, -0.1) is 0 Å². The molecule has 0 aromatic rings. The fourth-order valence-corrected chi connectivity index (χ4v) is 6.60. The lowest BCUT2D eigenvalue weighted by atomic mass is 10.0. The van der Waals surface area contributed by atoms with Crippen molar-refractivity contribution in [2.24, 2.45) is 0 Å². The van der Waals surface area contributed by atoms with Crippen molar-refractivity contribution in [2.45, 2.75) is 219 Å². The molecule has 0 aliphatic carbocycles. The number of rotatable bonds is 39. The quantitative estimate of drug-likeness (QED) is 0.0353. The molecule has 0 fully saturated rings. The number of carboxylic acids is 1. The van der Waals surface area contributed by atoms with Gasteiger partial charge in [-0.3, -0.25) is 9.59 Å². The van der Waals surface area contributed by atoms with Gasteiger partial charge in [0, 0.05) is 19.3 Å². The summed E-state index contributed by atoms with van der Waals surface area (Å²) in [6.07, 6.45) is 34.1. The SMILES string of the molecule is CCCCCCCCCCCCCCCCCCCCC(=O)OCC(COCCC(C(=O)[O-])[N+](C)(C)C)OC(=O)CCCCCCCCCCC. The molecule has 51 heavy (non-hydrogen) atoms. The third kappa shape index (κ3) is 33.9. The summed E-state index contributed by atoms with van der Waals surface area (Å²) in [5.41, 5.74) is 0. The molecular formula is C43H83NO7. The van der Waals surface area contributed by atoms with Crippen LogP contribution in [0.2, 0.25) is 0 Å². The molecule has 0 aliphatic heterocycles. The van der Waals surface area contributed by atoms with Gasteiger partial charge in [0.05, 0.1) is 40.3 Å². The molecule has 2 atom stereocenters. The maximum atomic E-state index is 12.6. The molecule has 0 rings (SSSR count). The van der Waals surface area contributed by atoms with E-state index in [-0.39, 0.29) is 42.7 Å². The Kier molecular flexibility index (Phi) is 34.2.